The molecule has 4 aliphatic heterocycles. The Morgan fingerprint density at radius 3 is 1.66 bits per heavy atom. The van der Waals surface area contributed by atoms with Crippen molar-refractivity contribution in [1.82, 2.24) is 0 Å². The van der Waals surface area contributed by atoms with E-state index >= 15 is 0 Å². The predicted octanol–water partition coefficient (Wildman–Crippen LogP) is -2.59. The van der Waals surface area contributed by atoms with Crippen molar-refractivity contribution in [2.45, 2.75) is 247 Å². The summed E-state index contributed by atoms with van der Waals surface area (Å²) in [6.45, 7) is 12.2. The van der Waals surface area contributed by atoms with E-state index in [4.69, 9.17) is 37.9 Å². The van der Waals surface area contributed by atoms with Crippen molar-refractivity contribution < 1.29 is 114 Å². The van der Waals surface area contributed by atoms with Gasteiger partial charge < -0.3 is 114 Å². The van der Waals surface area contributed by atoms with Crippen molar-refractivity contribution in [2.24, 2.45) is 45.8 Å². The number of hydrogen-bond acceptors (Lipinski definition) is 23. The topological polar surface area (TPSA) is 377 Å². The van der Waals surface area contributed by atoms with Crippen LogP contribution in [0.1, 0.15) is 106 Å². The fourth-order valence-corrected chi connectivity index (χ4v) is 15.6. The first-order valence-corrected chi connectivity index (χ1v) is 27.5. The Morgan fingerprint density at radius 1 is 0.553 bits per heavy atom. The van der Waals surface area contributed by atoms with Crippen LogP contribution < -0.4 is 0 Å². The number of aliphatic hydroxyl groups excluding tert-OH is 15. The highest BCUT2D eigenvalue weighted by molar-refractivity contribution is 5.18. The molecule has 23 nitrogen and oxygen atoms in total. The first kappa shape index (κ1) is 60.9. The molecule has 76 heavy (non-hydrogen) atoms. The third kappa shape index (κ3) is 10.9. The number of fused-ring (bicyclic) bond motifs is 5. The SMILES string of the molecule is CC(C)=CCC[C@](C)(O[C@@H]1O[C@H](CO[C@@H]2O[C@H](CO)[C@@H](O)[C@H](O)[C@H]2O)[C@@H](O)[C@H](O)[C@H]1O)[C@H]1CC[C@]2(C)[C@@H]1[C@H](O)C[C@@H]1[C@@H]3CC[C@@H](O[C@@H]4O[C@H](CO)[C@@H](O)[C@H](O)[C@H]4O[C@@H]4O[C@H](CO)[C@@H](O)[C@H](O)[C@H]4O)C(C)(C)[C@H]3CC[C@]12C. The molecular weight excluding hydrogens is 1000 g/mol. The summed E-state index contributed by atoms with van der Waals surface area (Å²) >= 11 is 0. The quantitative estimate of drug-likeness (QED) is 0.0557. The van der Waals surface area contributed by atoms with Crippen LogP contribution in [-0.2, 0) is 37.9 Å². The molecule has 0 spiro atoms. The Bertz CT molecular complexity index is 1940. The number of ether oxygens (including phenoxy) is 8. The summed E-state index contributed by atoms with van der Waals surface area (Å²) in [5.74, 6) is -0.182. The lowest BCUT2D eigenvalue weighted by atomic mass is 9.39. The van der Waals surface area contributed by atoms with Gasteiger partial charge in [-0.2, -0.15) is 0 Å². The van der Waals surface area contributed by atoms with E-state index in [0.717, 1.165) is 24.8 Å². The smallest absolute Gasteiger partial charge is 0.187 e. The molecule has 15 N–H and O–H groups in total. The summed E-state index contributed by atoms with van der Waals surface area (Å²) in [5.41, 5.74) is -1.16. The molecule has 0 amide bonds. The summed E-state index contributed by atoms with van der Waals surface area (Å²) in [7, 11) is 0. The Hall–Kier alpha value is -1.18. The van der Waals surface area contributed by atoms with Crippen LogP contribution in [0.25, 0.3) is 0 Å². The lowest BCUT2D eigenvalue weighted by Gasteiger charge is -2.67. The van der Waals surface area contributed by atoms with Gasteiger partial charge in [0.2, 0.25) is 0 Å². The van der Waals surface area contributed by atoms with Crippen LogP contribution in [0.15, 0.2) is 11.6 Å². The highest BCUT2D eigenvalue weighted by Crippen LogP contribution is 2.73. The zero-order valence-electron chi connectivity index (χ0n) is 44.8. The first-order chi connectivity index (χ1) is 35.7. The van der Waals surface area contributed by atoms with Gasteiger partial charge in [0.25, 0.3) is 0 Å². The highest BCUT2D eigenvalue weighted by atomic mass is 16.8. The Balaban J connectivity index is 0.992. The van der Waals surface area contributed by atoms with E-state index in [9.17, 15) is 76.6 Å². The molecule has 4 heterocycles. The summed E-state index contributed by atoms with van der Waals surface area (Å²) in [6.07, 6.45) is -24.9. The van der Waals surface area contributed by atoms with Gasteiger partial charge in [0.1, 0.15) is 97.7 Å². The van der Waals surface area contributed by atoms with Crippen molar-refractivity contribution in [1.29, 1.82) is 0 Å². The van der Waals surface area contributed by atoms with Crippen LogP contribution >= 0.6 is 0 Å². The van der Waals surface area contributed by atoms with E-state index < -0.39 is 178 Å². The molecule has 4 saturated heterocycles. The maximum atomic E-state index is 12.7. The van der Waals surface area contributed by atoms with E-state index in [0.29, 0.717) is 38.5 Å². The van der Waals surface area contributed by atoms with Crippen LogP contribution in [0.2, 0.25) is 0 Å². The van der Waals surface area contributed by atoms with Crippen LogP contribution in [0.4, 0.5) is 0 Å². The average molecular weight is 1100 g/mol. The zero-order chi connectivity index (χ0) is 55.7. The fraction of sp³-hybridized carbons (Fsp3) is 0.962. The molecule has 0 aromatic rings. The third-order valence-electron chi connectivity index (χ3n) is 20.3. The summed E-state index contributed by atoms with van der Waals surface area (Å²) in [5, 5.41) is 161. The maximum Gasteiger partial charge on any atom is 0.187 e. The molecule has 8 fully saturated rings. The van der Waals surface area contributed by atoms with E-state index in [-0.39, 0.29) is 35.0 Å². The van der Waals surface area contributed by atoms with Gasteiger partial charge in [-0.05, 0) is 124 Å². The minimum atomic E-state index is -1.81. The molecule has 0 aromatic heterocycles. The Labute approximate surface area is 444 Å². The van der Waals surface area contributed by atoms with Crippen molar-refractivity contribution in [3.8, 4) is 0 Å². The minimum Gasteiger partial charge on any atom is -0.394 e. The van der Waals surface area contributed by atoms with Crippen LogP contribution in [-0.4, -0.2) is 244 Å². The van der Waals surface area contributed by atoms with Gasteiger partial charge in [0.15, 0.2) is 25.2 Å². The number of rotatable bonds is 16. The largest absolute Gasteiger partial charge is 0.394 e. The number of aliphatic hydroxyl groups is 15. The average Bonchev–Trinajstić information content (AvgIpc) is 3.92. The van der Waals surface area contributed by atoms with Crippen LogP contribution in [0, 0.1) is 45.8 Å². The Kier molecular flexibility index (Phi) is 18.9. The summed E-state index contributed by atoms with van der Waals surface area (Å²) in [6, 6.07) is 0. The first-order valence-electron chi connectivity index (χ1n) is 27.5. The van der Waals surface area contributed by atoms with Crippen molar-refractivity contribution in [2.75, 3.05) is 26.4 Å². The third-order valence-corrected chi connectivity index (χ3v) is 20.3. The molecule has 0 bridgehead atoms. The summed E-state index contributed by atoms with van der Waals surface area (Å²) in [4.78, 5) is 0. The molecule has 0 radical (unpaired) electrons. The lowest BCUT2D eigenvalue weighted by molar-refractivity contribution is -0.377. The van der Waals surface area contributed by atoms with Crippen molar-refractivity contribution in [3.05, 3.63) is 11.6 Å². The predicted molar refractivity (Wildman–Crippen MR) is 262 cm³/mol. The van der Waals surface area contributed by atoms with E-state index in [1.54, 1.807) is 0 Å². The number of hydrogen-bond donors (Lipinski definition) is 15. The van der Waals surface area contributed by atoms with Gasteiger partial charge in [-0.25, -0.2) is 0 Å². The van der Waals surface area contributed by atoms with Gasteiger partial charge in [-0.1, -0.05) is 39.3 Å². The van der Waals surface area contributed by atoms with Crippen LogP contribution in [0.5, 0.6) is 0 Å². The molecular formula is C53H90O23. The van der Waals surface area contributed by atoms with E-state index in [2.05, 4.69) is 33.8 Å². The molecule has 0 unspecified atom stereocenters. The minimum absolute atomic E-state index is 0.0906. The van der Waals surface area contributed by atoms with Crippen molar-refractivity contribution >= 4 is 0 Å². The van der Waals surface area contributed by atoms with Crippen LogP contribution in [0.3, 0.4) is 0 Å². The van der Waals surface area contributed by atoms with Crippen molar-refractivity contribution in [3.63, 3.8) is 0 Å². The molecule has 8 rings (SSSR count). The monoisotopic (exact) mass is 1090 g/mol. The fourth-order valence-electron chi connectivity index (χ4n) is 15.6. The molecule has 30 atom stereocenters. The summed E-state index contributed by atoms with van der Waals surface area (Å²) < 4.78 is 48.8. The maximum absolute atomic E-state index is 12.7. The van der Waals surface area contributed by atoms with Gasteiger partial charge in [-0.15, -0.1) is 0 Å². The molecule has 440 valence electrons. The highest BCUT2D eigenvalue weighted by Gasteiger charge is 2.70. The molecule has 0 aromatic carbocycles. The normalized spacial score (nSPS) is 52.2. The standard InChI is InChI=1S/C53H90O23/c1-22(2)9-8-14-53(7,76-48-44(68)40(64)37(61)31(73-48)21-69-46-42(66)38(62)34(58)28(18-54)70-46)25-13-16-52(6)33(25)27(57)17-26-23-10-11-32(50(3,4)24(23)12-15-51(26,52)5)74-49-45(41(65)36(60)30(20-56)72-49)75-47-43(67)39(63)35(59)29(19-55)71-47/h9,23-49,54-68H,8,10-21H2,1-7H3/t23-,24+,25+,26-,27-,28-,29-,30-,31-,32-,33+,34-,35-,36-,37-,38+,39+,40+,41+,42-,43-,44-,45-,46-,47+,48+,49+,51-,52-,53+/m1/s1. The van der Waals surface area contributed by atoms with E-state index in [1.807, 2.05) is 20.8 Å². The lowest BCUT2D eigenvalue weighted by Crippen LogP contribution is -2.66. The second kappa shape index (κ2) is 23.6. The number of allylic oxidation sites excluding steroid dienone is 2. The van der Waals surface area contributed by atoms with Gasteiger partial charge >= 0.3 is 0 Å². The van der Waals surface area contributed by atoms with Gasteiger partial charge in [-0.3, -0.25) is 0 Å². The molecule has 4 saturated carbocycles. The molecule has 23 heteroatoms. The van der Waals surface area contributed by atoms with Gasteiger partial charge in [0.05, 0.1) is 44.2 Å². The van der Waals surface area contributed by atoms with Gasteiger partial charge in [0, 0.05) is 0 Å². The Morgan fingerprint density at radius 2 is 1.07 bits per heavy atom. The second-order valence-electron chi connectivity index (χ2n) is 25.0. The molecule has 8 aliphatic rings. The van der Waals surface area contributed by atoms with E-state index in [1.165, 1.54) is 0 Å². The second-order valence-corrected chi connectivity index (χ2v) is 25.0. The molecule has 4 aliphatic carbocycles. The zero-order valence-corrected chi connectivity index (χ0v) is 44.8.